The quantitative estimate of drug-likeness (QED) is 0.661. The normalized spacial score (nSPS) is 21.0. The Balaban J connectivity index is 1.44. The third-order valence-electron chi connectivity index (χ3n) is 5.76. The van der Waals surface area contributed by atoms with Crippen molar-refractivity contribution in [2.45, 2.75) is 31.9 Å². The van der Waals surface area contributed by atoms with Gasteiger partial charge in [-0.3, -0.25) is 0 Å². The van der Waals surface area contributed by atoms with Crippen molar-refractivity contribution in [1.29, 1.82) is 0 Å². The zero-order chi connectivity index (χ0) is 20.7. The van der Waals surface area contributed by atoms with Crippen LogP contribution in [0, 0.1) is 5.95 Å². The minimum Gasteiger partial charge on any atom is -0.391 e. The number of nitrogens with zero attached hydrogens (tertiary/aromatic N) is 7. The lowest BCUT2D eigenvalue weighted by atomic mass is 9.99. The fourth-order valence-electron chi connectivity index (χ4n) is 4.17. The zero-order valence-electron chi connectivity index (χ0n) is 16.6. The number of β-amino-alcohol motifs (C(OH)–C–C–N with tert-alkyl or cyclic N) is 1. The lowest BCUT2D eigenvalue weighted by Crippen LogP contribution is -2.35. The predicted molar refractivity (Wildman–Crippen MR) is 110 cm³/mol. The largest absolute Gasteiger partial charge is 0.391 e. The fraction of sp³-hybridized carbons (Fsp3) is 0.381. The molecular formula is C21H22FN7O. The summed E-state index contributed by atoms with van der Waals surface area (Å²) in [7, 11) is 0. The molecule has 8 nitrogen and oxygen atoms in total. The Morgan fingerprint density at radius 2 is 1.90 bits per heavy atom. The molecule has 5 rings (SSSR count). The number of aromatic nitrogens is 5. The number of anilines is 2. The Hall–Kier alpha value is -3.20. The van der Waals surface area contributed by atoms with Crippen LogP contribution in [0.3, 0.4) is 0 Å². The van der Waals surface area contributed by atoms with E-state index in [9.17, 15) is 9.50 Å². The zero-order valence-corrected chi connectivity index (χ0v) is 16.6. The van der Waals surface area contributed by atoms with E-state index in [4.69, 9.17) is 0 Å². The summed E-state index contributed by atoms with van der Waals surface area (Å²) in [6, 6.07) is 5.03. The van der Waals surface area contributed by atoms with Crippen molar-refractivity contribution in [3.8, 4) is 11.6 Å². The lowest BCUT2D eigenvalue weighted by molar-refractivity contribution is 0.198. The summed E-state index contributed by atoms with van der Waals surface area (Å²) in [5.74, 6) is 1.07. The van der Waals surface area contributed by atoms with Crippen molar-refractivity contribution in [3.63, 3.8) is 0 Å². The van der Waals surface area contributed by atoms with Crippen LogP contribution in [0.5, 0.6) is 0 Å². The molecule has 154 valence electrons. The van der Waals surface area contributed by atoms with Gasteiger partial charge in [0.25, 0.3) is 0 Å². The van der Waals surface area contributed by atoms with Crippen molar-refractivity contribution >= 4 is 11.5 Å². The van der Waals surface area contributed by atoms with Gasteiger partial charge in [-0.25, -0.2) is 24.9 Å². The third kappa shape index (κ3) is 3.45. The number of hydrogen-bond donors (Lipinski definition) is 1. The molecule has 30 heavy (non-hydrogen) atoms. The summed E-state index contributed by atoms with van der Waals surface area (Å²) < 4.78 is 14.3. The number of aliphatic hydroxyl groups is 1. The molecule has 3 aromatic heterocycles. The van der Waals surface area contributed by atoms with Crippen LogP contribution in [-0.2, 0) is 6.42 Å². The van der Waals surface area contributed by atoms with Gasteiger partial charge in [-0.1, -0.05) is 0 Å². The molecule has 3 aromatic rings. The van der Waals surface area contributed by atoms with Gasteiger partial charge in [0, 0.05) is 68.0 Å². The first-order valence-electron chi connectivity index (χ1n) is 10.1. The lowest BCUT2D eigenvalue weighted by Gasteiger charge is -2.36. The van der Waals surface area contributed by atoms with E-state index in [1.807, 2.05) is 24.1 Å². The van der Waals surface area contributed by atoms with E-state index in [1.54, 1.807) is 18.5 Å². The smallest absolute Gasteiger partial charge is 0.216 e. The number of hydrogen-bond acceptors (Lipinski definition) is 8. The van der Waals surface area contributed by atoms with Gasteiger partial charge in [0.1, 0.15) is 5.82 Å². The van der Waals surface area contributed by atoms with Crippen molar-refractivity contribution in [2.75, 3.05) is 29.4 Å². The summed E-state index contributed by atoms with van der Waals surface area (Å²) >= 11 is 0. The summed E-state index contributed by atoms with van der Waals surface area (Å²) in [6.45, 7) is 3.94. The second-order valence-electron chi connectivity index (χ2n) is 7.68. The molecule has 9 heteroatoms. The molecule has 1 fully saturated rings. The van der Waals surface area contributed by atoms with E-state index in [0.717, 1.165) is 16.9 Å². The van der Waals surface area contributed by atoms with Gasteiger partial charge in [-0.2, -0.15) is 4.39 Å². The molecule has 0 aromatic carbocycles. The molecule has 2 aliphatic heterocycles. The first-order chi connectivity index (χ1) is 14.6. The monoisotopic (exact) mass is 407 g/mol. The van der Waals surface area contributed by atoms with Gasteiger partial charge in [0.2, 0.25) is 5.95 Å². The molecule has 0 saturated carbocycles. The Kier molecular flexibility index (Phi) is 4.74. The van der Waals surface area contributed by atoms with Crippen LogP contribution in [0.1, 0.15) is 30.6 Å². The molecule has 1 N–H and O–H groups in total. The summed E-state index contributed by atoms with van der Waals surface area (Å²) in [5.41, 5.74) is 2.69. The van der Waals surface area contributed by atoms with Crippen LogP contribution < -0.4 is 9.80 Å². The van der Waals surface area contributed by atoms with Gasteiger partial charge in [-0.05, 0) is 19.4 Å². The second-order valence-corrected chi connectivity index (χ2v) is 7.68. The average molecular weight is 407 g/mol. The third-order valence-corrected chi connectivity index (χ3v) is 5.76. The molecule has 5 heterocycles. The molecule has 0 amide bonds. The van der Waals surface area contributed by atoms with Gasteiger partial charge in [0.15, 0.2) is 11.6 Å². The number of halogens is 1. The van der Waals surface area contributed by atoms with Gasteiger partial charge in [-0.15, -0.1) is 0 Å². The van der Waals surface area contributed by atoms with Crippen molar-refractivity contribution in [1.82, 2.24) is 24.9 Å². The standard InChI is InChI=1S/C21H22FN7O/c1-13-16-11-25-21(20-23-5-2-6-24-20)26-17(16)4-8-29(13)19-10-14(9-18(22)27-19)28-7-3-15(30)12-28/h2,5-6,9-11,13,15,30H,3-4,7-8,12H2,1H3. The van der Waals surface area contributed by atoms with E-state index in [-0.39, 0.29) is 12.1 Å². The van der Waals surface area contributed by atoms with Crippen LogP contribution in [-0.4, -0.2) is 55.8 Å². The highest BCUT2D eigenvalue weighted by atomic mass is 19.1. The minimum absolute atomic E-state index is 0.0502. The van der Waals surface area contributed by atoms with E-state index < -0.39 is 5.95 Å². The number of fused-ring (bicyclic) bond motifs is 1. The Morgan fingerprint density at radius 1 is 1.07 bits per heavy atom. The van der Waals surface area contributed by atoms with E-state index in [1.165, 1.54) is 6.07 Å². The Bertz CT molecular complexity index is 1060. The highest BCUT2D eigenvalue weighted by Crippen LogP contribution is 2.34. The maximum Gasteiger partial charge on any atom is 0.216 e. The van der Waals surface area contributed by atoms with E-state index in [0.29, 0.717) is 49.9 Å². The first kappa shape index (κ1) is 18.8. The van der Waals surface area contributed by atoms with Gasteiger partial charge >= 0.3 is 0 Å². The van der Waals surface area contributed by atoms with Crippen molar-refractivity contribution in [3.05, 3.63) is 54.0 Å². The maximum atomic E-state index is 14.3. The fourth-order valence-corrected chi connectivity index (χ4v) is 4.17. The Labute approximate surface area is 173 Å². The summed E-state index contributed by atoms with van der Waals surface area (Å²) in [6.07, 6.45) is 6.16. The van der Waals surface area contributed by atoms with Crippen LogP contribution in [0.4, 0.5) is 15.9 Å². The molecule has 2 unspecified atom stereocenters. The summed E-state index contributed by atoms with van der Waals surface area (Å²) in [4.78, 5) is 25.8. The van der Waals surface area contributed by atoms with E-state index >= 15 is 0 Å². The molecule has 0 radical (unpaired) electrons. The SMILES string of the molecule is CC1c2cnc(-c3ncccn3)nc2CCN1c1cc(N2CCC(O)C2)cc(F)n1. The average Bonchev–Trinajstić information content (AvgIpc) is 3.20. The highest BCUT2D eigenvalue weighted by molar-refractivity contribution is 5.58. The van der Waals surface area contributed by atoms with Gasteiger partial charge < -0.3 is 14.9 Å². The molecule has 2 atom stereocenters. The molecule has 0 aliphatic carbocycles. The van der Waals surface area contributed by atoms with Crippen LogP contribution >= 0.6 is 0 Å². The minimum atomic E-state index is -0.519. The molecule has 1 saturated heterocycles. The number of rotatable bonds is 3. The first-order valence-corrected chi connectivity index (χ1v) is 10.1. The highest BCUT2D eigenvalue weighted by Gasteiger charge is 2.29. The topological polar surface area (TPSA) is 91.2 Å². The predicted octanol–water partition coefficient (Wildman–Crippen LogP) is 2.16. The maximum absolute atomic E-state index is 14.3. The van der Waals surface area contributed by atoms with Crippen molar-refractivity contribution < 1.29 is 9.50 Å². The molecule has 2 aliphatic rings. The van der Waals surface area contributed by atoms with Crippen LogP contribution in [0.15, 0.2) is 36.8 Å². The van der Waals surface area contributed by atoms with Crippen molar-refractivity contribution in [2.24, 2.45) is 0 Å². The van der Waals surface area contributed by atoms with Crippen LogP contribution in [0.25, 0.3) is 11.6 Å². The molecule has 0 spiro atoms. The molecule has 0 bridgehead atoms. The van der Waals surface area contributed by atoms with E-state index in [2.05, 4.69) is 29.8 Å². The summed E-state index contributed by atoms with van der Waals surface area (Å²) in [5, 5.41) is 9.82. The van der Waals surface area contributed by atoms with Crippen LogP contribution in [0.2, 0.25) is 0 Å². The molecular weight excluding hydrogens is 385 g/mol. The second kappa shape index (κ2) is 7.56. The Morgan fingerprint density at radius 3 is 2.67 bits per heavy atom. The number of aliphatic hydroxyl groups excluding tert-OH is 1. The number of pyridine rings is 1. The van der Waals surface area contributed by atoms with Gasteiger partial charge in [0.05, 0.1) is 17.8 Å².